The van der Waals surface area contributed by atoms with Crippen molar-refractivity contribution in [3.8, 4) is 11.3 Å². The largest absolute Gasteiger partial charge is 0.342 e. The van der Waals surface area contributed by atoms with Crippen molar-refractivity contribution in [3.05, 3.63) is 41.9 Å². The number of nitrogens with zero attached hydrogens (tertiary/aromatic N) is 1. The molecule has 0 spiro atoms. The van der Waals surface area contributed by atoms with E-state index in [9.17, 15) is 0 Å². The maximum Gasteiger partial charge on any atom is 0.103 e. The van der Waals surface area contributed by atoms with Crippen molar-refractivity contribution in [2.45, 2.75) is 33.1 Å². The zero-order chi connectivity index (χ0) is 11.8. The summed E-state index contributed by atoms with van der Waals surface area (Å²) in [5, 5.41) is 0. The molecule has 0 aliphatic heterocycles. The first kappa shape index (κ1) is 10.9. The third-order valence-corrected chi connectivity index (χ3v) is 2.76. The summed E-state index contributed by atoms with van der Waals surface area (Å²) in [6.45, 7) is 8.64. The van der Waals surface area contributed by atoms with Gasteiger partial charge in [-0.25, -0.2) is 4.98 Å². The number of H-pyrrole nitrogens is 1. The second kappa shape index (κ2) is 3.78. The summed E-state index contributed by atoms with van der Waals surface area (Å²) in [6.07, 6.45) is 1.88. The molecular formula is C14H18N2. The molecule has 2 aromatic rings. The topological polar surface area (TPSA) is 28.7 Å². The molecule has 0 amide bonds. The average molecular weight is 214 g/mol. The number of aromatic nitrogens is 2. The molecular weight excluding hydrogens is 196 g/mol. The lowest BCUT2D eigenvalue weighted by Gasteiger charge is -2.18. The molecule has 0 unspecified atom stereocenters. The number of benzene rings is 1. The Kier molecular flexibility index (Phi) is 2.58. The first-order valence-electron chi connectivity index (χ1n) is 5.59. The van der Waals surface area contributed by atoms with E-state index < -0.39 is 0 Å². The Morgan fingerprint density at radius 1 is 1.06 bits per heavy atom. The minimum absolute atomic E-state index is 0.211. The lowest BCUT2D eigenvalue weighted by Crippen LogP contribution is -2.10. The Morgan fingerprint density at radius 2 is 1.69 bits per heavy atom. The standard InChI is InChI=1S/C14H18N2/c1-10-15-9-13(16-10)11-5-7-12(8-6-11)14(2,3)4/h5-9H,1-4H3,(H,15,16). The summed E-state index contributed by atoms with van der Waals surface area (Å²) in [7, 11) is 0. The van der Waals surface area contributed by atoms with Crippen molar-refractivity contribution >= 4 is 0 Å². The molecule has 0 saturated carbocycles. The van der Waals surface area contributed by atoms with Crippen LogP contribution in [-0.2, 0) is 5.41 Å². The highest BCUT2D eigenvalue weighted by molar-refractivity contribution is 5.59. The zero-order valence-electron chi connectivity index (χ0n) is 10.3. The van der Waals surface area contributed by atoms with Gasteiger partial charge in [0.25, 0.3) is 0 Å². The molecule has 2 nitrogen and oxygen atoms in total. The van der Waals surface area contributed by atoms with Crippen molar-refractivity contribution in [2.24, 2.45) is 0 Å². The average Bonchev–Trinajstić information content (AvgIpc) is 2.64. The van der Waals surface area contributed by atoms with E-state index in [1.807, 2.05) is 13.1 Å². The van der Waals surface area contributed by atoms with Gasteiger partial charge >= 0.3 is 0 Å². The van der Waals surface area contributed by atoms with Crippen LogP contribution in [0.5, 0.6) is 0 Å². The fraction of sp³-hybridized carbons (Fsp3) is 0.357. The van der Waals surface area contributed by atoms with Crippen LogP contribution < -0.4 is 0 Å². The van der Waals surface area contributed by atoms with E-state index in [0.717, 1.165) is 11.5 Å². The molecule has 2 rings (SSSR count). The number of aromatic amines is 1. The predicted octanol–water partition coefficient (Wildman–Crippen LogP) is 3.68. The Bertz CT molecular complexity index is 472. The molecule has 0 saturated heterocycles. The fourth-order valence-electron chi connectivity index (χ4n) is 1.72. The molecule has 2 heteroatoms. The summed E-state index contributed by atoms with van der Waals surface area (Å²) in [5.74, 6) is 0.954. The second-order valence-corrected chi connectivity index (χ2v) is 5.21. The van der Waals surface area contributed by atoms with Gasteiger partial charge in [-0.05, 0) is 23.5 Å². The van der Waals surface area contributed by atoms with Crippen LogP contribution in [0.25, 0.3) is 11.3 Å². The molecule has 0 aliphatic rings. The van der Waals surface area contributed by atoms with Gasteiger partial charge in [0.1, 0.15) is 5.82 Å². The molecule has 0 aliphatic carbocycles. The van der Waals surface area contributed by atoms with Gasteiger partial charge in [-0.3, -0.25) is 0 Å². The van der Waals surface area contributed by atoms with E-state index in [1.165, 1.54) is 11.1 Å². The normalized spacial score (nSPS) is 11.8. The Labute approximate surface area is 96.7 Å². The van der Waals surface area contributed by atoms with Crippen molar-refractivity contribution < 1.29 is 0 Å². The van der Waals surface area contributed by atoms with Crippen LogP contribution in [0.4, 0.5) is 0 Å². The first-order chi connectivity index (χ1) is 7.47. The van der Waals surface area contributed by atoms with Crippen LogP contribution in [0.15, 0.2) is 30.5 Å². The third-order valence-electron chi connectivity index (χ3n) is 2.76. The van der Waals surface area contributed by atoms with E-state index in [4.69, 9.17) is 0 Å². The van der Waals surface area contributed by atoms with Crippen LogP contribution in [-0.4, -0.2) is 9.97 Å². The van der Waals surface area contributed by atoms with Crippen LogP contribution in [0.3, 0.4) is 0 Å². The number of hydrogen-bond acceptors (Lipinski definition) is 1. The lowest BCUT2D eigenvalue weighted by molar-refractivity contribution is 0.590. The first-order valence-corrected chi connectivity index (χ1v) is 5.59. The number of nitrogens with one attached hydrogen (secondary N) is 1. The molecule has 0 radical (unpaired) electrons. The lowest BCUT2D eigenvalue weighted by atomic mass is 9.86. The van der Waals surface area contributed by atoms with Crippen LogP contribution >= 0.6 is 0 Å². The highest BCUT2D eigenvalue weighted by atomic mass is 14.9. The number of imidazole rings is 1. The molecule has 0 fully saturated rings. The third kappa shape index (κ3) is 2.16. The van der Waals surface area contributed by atoms with Crippen LogP contribution in [0, 0.1) is 6.92 Å². The van der Waals surface area contributed by atoms with E-state index in [1.54, 1.807) is 0 Å². The van der Waals surface area contributed by atoms with Crippen molar-refractivity contribution in [1.82, 2.24) is 9.97 Å². The molecule has 16 heavy (non-hydrogen) atoms. The summed E-state index contributed by atoms with van der Waals surface area (Å²) < 4.78 is 0. The quantitative estimate of drug-likeness (QED) is 0.770. The number of aryl methyl sites for hydroxylation is 1. The summed E-state index contributed by atoms with van der Waals surface area (Å²) in [5.41, 5.74) is 3.83. The minimum Gasteiger partial charge on any atom is -0.342 e. The van der Waals surface area contributed by atoms with Crippen molar-refractivity contribution in [2.75, 3.05) is 0 Å². The van der Waals surface area contributed by atoms with Gasteiger partial charge < -0.3 is 4.98 Å². The molecule has 1 aromatic heterocycles. The summed E-state index contributed by atoms with van der Waals surface area (Å²) >= 11 is 0. The summed E-state index contributed by atoms with van der Waals surface area (Å²) in [4.78, 5) is 7.45. The highest BCUT2D eigenvalue weighted by Gasteiger charge is 2.13. The van der Waals surface area contributed by atoms with Gasteiger partial charge in [0.15, 0.2) is 0 Å². The zero-order valence-corrected chi connectivity index (χ0v) is 10.3. The SMILES string of the molecule is Cc1ncc(-c2ccc(C(C)(C)C)cc2)[nH]1. The Hall–Kier alpha value is -1.57. The number of rotatable bonds is 1. The molecule has 1 heterocycles. The van der Waals surface area contributed by atoms with E-state index >= 15 is 0 Å². The van der Waals surface area contributed by atoms with Crippen LogP contribution in [0.1, 0.15) is 32.2 Å². The monoisotopic (exact) mass is 214 g/mol. The maximum atomic E-state index is 4.21. The van der Waals surface area contributed by atoms with Crippen LogP contribution in [0.2, 0.25) is 0 Å². The van der Waals surface area contributed by atoms with Gasteiger partial charge in [-0.2, -0.15) is 0 Å². The molecule has 1 aromatic carbocycles. The maximum absolute atomic E-state index is 4.21. The Morgan fingerprint density at radius 3 is 2.12 bits per heavy atom. The molecule has 0 bridgehead atoms. The molecule has 1 N–H and O–H groups in total. The van der Waals surface area contributed by atoms with Gasteiger partial charge in [0.2, 0.25) is 0 Å². The van der Waals surface area contributed by atoms with E-state index in [0.29, 0.717) is 0 Å². The fourth-order valence-corrected chi connectivity index (χ4v) is 1.72. The number of hydrogen-bond donors (Lipinski definition) is 1. The highest BCUT2D eigenvalue weighted by Crippen LogP contribution is 2.25. The smallest absolute Gasteiger partial charge is 0.103 e. The molecule has 84 valence electrons. The van der Waals surface area contributed by atoms with E-state index in [2.05, 4.69) is 55.0 Å². The summed E-state index contributed by atoms with van der Waals surface area (Å²) in [6, 6.07) is 8.66. The Balaban J connectivity index is 2.33. The second-order valence-electron chi connectivity index (χ2n) is 5.21. The van der Waals surface area contributed by atoms with Gasteiger partial charge in [-0.1, -0.05) is 45.0 Å². The minimum atomic E-state index is 0.211. The van der Waals surface area contributed by atoms with Gasteiger partial charge in [-0.15, -0.1) is 0 Å². The van der Waals surface area contributed by atoms with Crippen molar-refractivity contribution in [3.63, 3.8) is 0 Å². The van der Waals surface area contributed by atoms with E-state index in [-0.39, 0.29) is 5.41 Å². The van der Waals surface area contributed by atoms with Crippen molar-refractivity contribution in [1.29, 1.82) is 0 Å². The molecule has 0 atom stereocenters. The predicted molar refractivity (Wildman–Crippen MR) is 67.5 cm³/mol. The van der Waals surface area contributed by atoms with Gasteiger partial charge in [0.05, 0.1) is 11.9 Å². The van der Waals surface area contributed by atoms with Gasteiger partial charge in [0, 0.05) is 0 Å².